The Hall–Kier alpha value is -2.40. The maximum absolute atomic E-state index is 12.4. The van der Waals surface area contributed by atoms with Crippen LogP contribution in [0.3, 0.4) is 0 Å². The van der Waals surface area contributed by atoms with Crippen molar-refractivity contribution in [3.63, 3.8) is 0 Å². The van der Waals surface area contributed by atoms with E-state index in [-0.39, 0.29) is 12.1 Å². The first-order valence-electron chi connectivity index (χ1n) is 8.99. The lowest BCUT2D eigenvalue weighted by Crippen LogP contribution is -2.54. The fourth-order valence-corrected chi connectivity index (χ4v) is 3.69. The monoisotopic (exact) mass is 336 g/mol. The Labute approximate surface area is 148 Å². The molecule has 0 saturated carbocycles. The molecule has 2 aliphatic rings. The first kappa shape index (κ1) is 16.1. The summed E-state index contributed by atoms with van der Waals surface area (Å²) in [6.45, 7) is 4.54. The fraction of sp³-hybridized carbons (Fsp3) is 0.400. The van der Waals surface area contributed by atoms with Crippen LogP contribution in [0, 0.1) is 0 Å². The van der Waals surface area contributed by atoms with Crippen molar-refractivity contribution in [1.29, 1.82) is 0 Å². The number of urea groups is 1. The minimum Gasteiger partial charge on any atom is -0.334 e. The number of nitrogens with zero attached hydrogens (tertiary/aromatic N) is 3. The SMILES string of the molecule is O=C(N[C@H]1CCN(Cc2ccccc2)C1)N1CC(c2ccncc2)C1. The quantitative estimate of drug-likeness (QED) is 0.933. The zero-order valence-corrected chi connectivity index (χ0v) is 14.3. The summed E-state index contributed by atoms with van der Waals surface area (Å²) in [5.41, 5.74) is 2.60. The minimum absolute atomic E-state index is 0.0804. The Morgan fingerprint density at radius 1 is 1.08 bits per heavy atom. The highest BCUT2D eigenvalue weighted by molar-refractivity contribution is 5.75. The summed E-state index contributed by atoms with van der Waals surface area (Å²) in [6, 6.07) is 14.9. The van der Waals surface area contributed by atoms with E-state index in [1.165, 1.54) is 11.1 Å². The van der Waals surface area contributed by atoms with Crippen molar-refractivity contribution in [2.24, 2.45) is 0 Å². The number of hydrogen-bond acceptors (Lipinski definition) is 3. The number of carbonyl (C=O) groups excluding carboxylic acids is 1. The predicted molar refractivity (Wildman–Crippen MR) is 97.2 cm³/mol. The van der Waals surface area contributed by atoms with Crippen LogP contribution in [0.4, 0.5) is 4.79 Å². The third-order valence-corrected chi connectivity index (χ3v) is 5.20. The average Bonchev–Trinajstić information content (AvgIpc) is 3.02. The van der Waals surface area contributed by atoms with Crippen LogP contribution in [0.15, 0.2) is 54.9 Å². The number of aromatic nitrogens is 1. The summed E-state index contributed by atoms with van der Waals surface area (Å²) < 4.78 is 0. The summed E-state index contributed by atoms with van der Waals surface area (Å²) >= 11 is 0. The van der Waals surface area contributed by atoms with Gasteiger partial charge < -0.3 is 10.2 Å². The minimum atomic E-state index is 0.0804. The topological polar surface area (TPSA) is 48.5 Å². The molecule has 0 bridgehead atoms. The maximum Gasteiger partial charge on any atom is 0.317 e. The van der Waals surface area contributed by atoms with Gasteiger partial charge in [-0.2, -0.15) is 0 Å². The van der Waals surface area contributed by atoms with E-state index < -0.39 is 0 Å². The lowest BCUT2D eigenvalue weighted by molar-refractivity contribution is 0.148. The second kappa shape index (κ2) is 7.23. The zero-order valence-electron chi connectivity index (χ0n) is 14.3. The van der Waals surface area contributed by atoms with Gasteiger partial charge in [-0.3, -0.25) is 9.88 Å². The van der Waals surface area contributed by atoms with Crippen LogP contribution >= 0.6 is 0 Å². The molecule has 0 spiro atoms. The van der Waals surface area contributed by atoms with Crippen LogP contribution in [0.2, 0.25) is 0 Å². The van der Waals surface area contributed by atoms with Crippen molar-refractivity contribution in [3.8, 4) is 0 Å². The molecular formula is C20H24N4O. The van der Waals surface area contributed by atoms with Gasteiger partial charge in [0.15, 0.2) is 0 Å². The van der Waals surface area contributed by atoms with Gasteiger partial charge in [0.1, 0.15) is 0 Å². The van der Waals surface area contributed by atoms with Crippen molar-refractivity contribution < 1.29 is 4.79 Å². The fourth-order valence-electron chi connectivity index (χ4n) is 3.69. The number of hydrogen-bond donors (Lipinski definition) is 1. The molecule has 4 rings (SSSR count). The smallest absolute Gasteiger partial charge is 0.317 e. The standard InChI is InChI=1S/C20H24N4O/c25-20(24-13-18(14-24)17-6-9-21-10-7-17)22-19-8-11-23(15-19)12-16-4-2-1-3-5-16/h1-7,9-10,18-19H,8,11-15H2,(H,22,25)/t19-/m0/s1. The molecule has 130 valence electrons. The second-order valence-electron chi connectivity index (χ2n) is 7.04. The molecule has 0 radical (unpaired) electrons. The lowest BCUT2D eigenvalue weighted by atomic mass is 9.93. The van der Waals surface area contributed by atoms with Gasteiger partial charge in [-0.15, -0.1) is 0 Å². The summed E-state index contributed by atoms with van der Waals surface area (Å²) in [6.07, 6.45) is 4.66. The van der Waals surface area contributed by atoms with E-state index in [0.29, 0.717) is 5.92 Å². The first-order valence-corrected chi connectivity index (χ1v) is 8.99. The van der Waals surface area contributed by atoms with Gasteiger partial charge in [0.05, 0.1) is 0 Å². The predicted octanol–water partition coefficient (Wildman–Crippen LogP) is 2.46. The summed E-state index contributed by atoms with van der Waals surface area (Å²) in [7, 11) is 0. The van der Waals surface area contributed by atoms with E-state index in [1.807, 2.05) is 35.5 Å². The van der Waals surface area contributed by atoms with Crippen LogP contribution in [0.25, 0.3) is 0 Å². The van der Waals surface area contributed by atoms with Crippen LogP contribution < -0.4 is 5.32 Å². The first-order chi connectivity index (χ1) is 12.3. The maximum atomic E-state index is 12.4. The van der Waals surface area contributed by atoms with Gasteiger partial charge >= 0.3 is 6.03 Å². The Morgan fingerprint density at radius 3 is 2.60 bits per heavy atom. The van der Waals surface area contributed by atoms with E-state index in [2.05, 4.69) is 39.5 Å². The number of carbonyl (C=O) groups is 1. The molecule has 3 heterocycles. The summed E-state index contributed by atoms with van der Waals surface area (Å²) in [5.74, 6) is 0.451. The van der Waals surface area contributed by atoms with Gasteiger partial charge in [-0.25, -0.2) is 4.79 Å². The molecule has 2 aromatic rings. The molecule has 25 heavy (non-hydrogen) atoms. The molecule has 1 aromatic heterocycles. The number of nitrogens with one attached hydrogen (secondary N) is 1. The van der Waals surface area contributed by atoms with Crippen LogP contribution in [-0.2, 0) is 6.54 Å². The normalized spacial score (nSPS) is 21.1. The Kier molecular flexibility index (Phi) is 4.65. The van der Waals surface area contributed by atoms with Gasteiger partial charge in [0.2, 0.25) is 0 Å². The van der Waals surface area contributed by atoms with Gasteiger partial charge in [-0.1, -0.05) is 30.3 Å². The van der Waals surface area contributed by atoms with Gasteiger partial charge in [0, 0.05) is 57.1 Å². The molecule has 2 aliphatic heterocycles. The summed E-state index contributed by atoms with van der Waals surface area (Å²) in [5, 5.41) is 3.20. The number of benzene rings is 1. The molecule has 5 nitrogen and oxygen atoms in total. The van der Waals surface area contributed by atoms with E-state index in [1.54, 1.807) is 0 Å². The molecule has 2 fully saturated rings. The Bertz CT molecular complexity index is 700. The largest absolute Gasteiger partial charge is 0.334 e. The van der Waals surface area contributed by atoms with Crippen molar-refractivity contribution in [2.75, 3.05) is 26.2 Å². The van der Waals surface area contributed by atoms with E-state index in [4.69, 9.17) is 0 Å². The van der Waals surface area contributed by atoms with Crippen LogP contribution in [0.5, 0.6) is 0 Å². The molecule has 1 N–H and O–H groups in total. The Morgan fingerprint density at radius 2 is 1.84 bits per heavy atom. The molecular weight excluding hydrogens is 312 g/mol. The highest BCUT2D eigenvalue weighted by Gasteiger charge is 2.33. The van der Waals surface area contributed by atoms with Crippen LogP contribution in [-0.4, -0.2) is 53.0 Å². The Balaban J connectivity index is 1.22. The molecule has 0 unspecified atom stereocenters. The molecule has 1 aromatic carbocycles. The molecule has 0 aliphatic carbocycles. The molecule has 2 amide bonds. The number of rotatable bonds is 4. The number of likely N-dealkylation sites (tertiary alicyclic amines) is 2. The third kappa shape index (κ3) is 3.82. The number of pyridine rings is 1. The molecule has 5 heteroatoms. The van der Waals surface area contributed by atoms with Gasteiger partial charge in [0.25, 0.3) is 0 Å². The van der Waals surface area contributed by atoms with E-state index in [9.17, 15) is 4.79 Å². The zero-order chi connectivity index (χ0) is 17.1. The second-order valence-corrected chi connectivity index (χ2v) is 7.04. The number of amides is 2. The van der Waals surface area contributed by atoms with Gasteiger partial charge in [-0.05, 0) is 29.7 Å². The summed E-state index contributed by atoms with van der Waals surface area (Å²) in [4.78, 5) is 20.8. The van der Waals surface area contributed by atoms with Crippen molar-refractivity contribution in [1.82, 2.24) is 20.1 Å². The van der Waals surface area contributed by atoms with Crippen LogP contribution in [0.1, 0.15) is 23.5 Å². The highest BCUT2D eigenvalue weighted by Crippen LogP contribution is 2.26. The molecule has 1 atom stereocenters. The van der Waals surface area contributed by atoms with E-state index in [0.717, 1.165) is 39.1 Å². The van der Waals surface area contributed by atoms with Crippen molar-refractivity contribution >= 4 is 6.03 Å². The highest BCUT2D eigenvalue weighted by atomic mass is 16.2. The third-order valence-electron chi connectivity index (χ3n) is 5.20. The van der Waals surface area contributed by atoms with Crippen molar-refractivity contribution in [2.45, 2.75) is 24.9 Å². The van der Waals surface area contributed by atoms with Crippen molar-refractivity contribution in [3.05, 3.63) is 66.0 Å². The average molecular weight is 336 g/mol. The molecule has 2 saturated heterocycles. The van der Waals surface area contributed by atoms with E-state index >= 15 is 0 Å². The lowest BCUT2D eigenvalue weighted by Gasteiger charge is -2.40.